The highest BCUT2D eigenvalue weighted by atomic mass is 16.5. The second-order valence-corrected chi connectivity index (χ2v) is 23.5. The molecule has 75 heavy (non-hydrogen) atoms. The molecule has 2 atom stereocenters. The molecule has 0 saturated heterocycles. The lowest BCUT2D eigenvalue weighted by Gasteiger charge is -2.20. The Morgan fingerprint density at radius 2 is 0.627 bits per heavy atom. The summed E-state index contributed by atoms with van der Waals surface area (Å²) in [7, 11) is 0. The summed E-state index contributed by atoms with van der Waals surface area (Å²) in [6.07, 6.45) is 81.0. The molecule has 0 spiro atoms. The fourth-order valence-electron chi connectivity index (χ4n) is 10.7. The van der Waals surface area contributed by atoms with Crippen molar-refractivity contribution in [3.05, 3.63) is 24.3 Å². The molecule has 0 aliphatic carbocycles. The normalized spacial score (nSPS) is 12.6. The number of carbonyl (C=O) groups excluding carboxylic acids is 2. The topological polar surface area (TPSA) is 95.9 Å². The summed E-state index contributed by atoms with van der Waals surface area (Å²) in [5.41, 5.74) is 0. The van der Waals surface area contributed by atoms with Gasteiger partial charge in [-0.3, -0.25) is 9.59 Å². The standard InChI is InChI=1S/C69H133NO5/c1-3-5-7-9-11-13-15-17-19-21-23-24-25-26-27-28-29-30-33-37-41-45-49-53-57-61-67(72)66(65-71)70-68(73)62-58-54-50-46-42-38-34-32-36-40-44-48-52-56-60-64-75-69(74)63-59-55-51-47-43-39-35-31-22-20-18-16-14-12-10-8-6-4-2/h36,40,57,61,66-67,71-72H,3-35,37-39,41-56,58-60,62-65H2,1-2H3,(H,70,73)/b40-36-,61-57+. The number of amides is 1. The number of allylic oxidation sites excluding steroid dienone is 3. The lowest BCUT2D eigenvalue weighted by molar-refractivity contribution is -0.143. The van der Waals surface area contributed by atoms with Gasteiger partial charge in [-0.1, -0.05) is 334 Å². The van der Waals surface area contributed by atoms with E-state index < -0.39 is 12.1 Å². The van der Waals surface area contributed by atoms with E-state index >= 15 is 0 Å². The van der Waals surface area contributed by atoms with Gasteiger partial charge in [0.1, 0.15) is 0 Å². The molecule has 0 saturated carbocycles. The average molecular weight is 1060 g/mol. The SMILES string of the molecule is CCCCCCCCCCCCCCCCCCCCCCCCC/C=C/C(O)C(CO)NC(=O)CCCCCCCCC/C=C\CCCCCCOC(=O)CCCCCCCCCCCCCCCCCCCC. The first-order valence-electron chi connectivity index (χ1n) is 34.1. The van der Waals surface area contributed by atoms with Crippen LogP contribution < -0.4 is 5.32 Å². The van der Waals surface area contributed by atoms with Crippen LogP contribution in [-0.4, -0.2) is 47.4 Å². The highest BCUT2D eigenvalue weighted by Gasteiger charge is 2.18. The number of aliphatic hydroxyl groups excluding tert-OH is 2. The zero-order chi connectivity index (χ0) is 54.3. The third kappa shape index (κ3) is 61.4. The summed E-state index contributed by atoms with van der Waals surface area (Å²) < 4.78 is 5.49. The van der Waals surface area contributed by atoms with Crippen molar-refractivity contribution in [2.75, 3.05) is 13.2 Å². The van der Waals surface area contributed by atoms with Crippen molar-refractivity contribution >= 4 is 11.9 Å². The largest absolute Gasteiger partial charge is 0.466 e. The molecule has 444 valence electrons. The van der Waals surface area contributed by atoms with Crippen LogP contribution in [0.2, 0.25) is 0 Å². The Hall–Kier alpha value is -1.66. The maximum Gasteiger partial charge on any atom is 0.305 e. The van der Waals surface area contributed by atoms with Crippen LogP contribution in [0.5, 0.6) is 0 Å². The summed E-state index contributed by atoms with van der Waals surface area (Å²) >= 11 is 0. The molecule has 0 aliphatic heterocycles. The smallest absolute Gasteiger partial charge is 0.305 e. The highest BCUT2D eigenvalue weighted by Crippen LogP contribution is 2.18. The van der Waals surface area contributed by atoms with Crippen LogP contribution in [0.1, 0.15) is 380 Å². The Labute approximate surface area is 469 Å². The molecule has 6 heteroatoms. The van der Waals surface area contributed by atoms with E-state index in [1.54, 1.807) is 6.08 Å². The van der Waals surface area contributed by atoms with Crippen LogP contribution in [0, 0.1) is 0 Å². The third-order valence-corrected chi connectivity index (χ3v) is 16.0. The molecule has 6 nitrogen and oxygen atoms in total. The zero-order valence-electron chi connectivity index (χ0n) is 50.8. The van der Waals surface area contributed by atoms with Crippen molar-refractivity contribution in [3.63, 3.8) is 0 Å². The van der Waals surface area contributed by atoms with Crippen LogP contribution >= 0.6 is 0 Å². The van der Waals surface area contributed by atoms with Crippen LogP contribution in [-0.2, 0) is 14.3 Å². The molecular formula is C69H133NO5. The van der Waals surface area contributed by atoms with E-state index in [2.05, 4.69) is 31.3 Å². The van der Waals surface area contributed by atoms with Gasteiger partial charge < -0.3 is 20.3 Å². The fourth-order valence-corrected chi connectivity index (χ4v) is 10.7. The highest BCUT2D eigenvalue weighted by molar-refractivity contribution is 5.76. The summed E-state index contributed by atoms with van der Waals surface area (Å²) in [6, 6.07) is -0.641. The van der Waals surface area contributed by atoms with E-state index in [9.17, 15) is 19.8 Å². The Kier molecular flexibility index (Phi) is 63.4. The maximum absolute atomic E-state index is 12.5. The summed E-state index contributed by atoms with van der Waals surface area (Å²) in [5.74, 6) is -0.0845. The van der Waals surface area contributed by atoms with E-state index in [-0.39, 0.29) is 18.5 Å². The number of ether oxygens (including phenoxy) is 1. The minimum absolute atomic E-state index is 0.00576. The first kappa shape index (κ1) is 73.3. The van der Waals surface area contributed by atoms with Gasteiger partial charge in [0.15, 0.2) is 0 Å². The first-order valence-corrected chi connectivity index (χ1v) is 34.1. The Bertz CT molecular complexity index is 1170. The van der Waals surface area contributed by atoms with E-state index in [1.807, 2.05) is 6.08 Å². The first-order chi connectivity index (χ1) is 37.0. The van der Waals surface area contributed by atoms with Crippen LogP contribution in [0.15, 0.2) is 24.3 Å². The molecule has 0 aliphatic rings. The minimum atomic E-state index is -0.856. The van der Waals surface area contributed by atoms with E-state index in [1.165, 1.54) is 283 Å². The van der Waals surface area contributed by atoms with Crippen molar-refractivity contribution in [1.82, 2.24) is 5.32 Å². The fraction of sp³-hybridized carbons (Fsp3) is 0.913. The van der Waals surface area contributed by atoms with Gasteiger partial charge in [-0.25, -0.2) is 0 Å². The second kappa shape index (κ2) is 64.9. The van der Waals surface area contributed by atoms with Crippen molar-refractivity contribution in [3.8, 4) is 0 Å². The molecule has 0 radical (unpaired) electrons. The molecule has 0 heterocycles. The molecule has 0 rings (SSSR count). The summed E-state index contributed by atoms with van der Waals surface area (Å²) in [5, 5.41) is 23.2. The Morgan fingerprint density at radius 3 is 0.947 bits per heavy atom. The molecule has 0 fully saturated rings. The molecule has 0 aromatic carbocycles. The molecular weight excluding hydrogens is 923 g/mol. The van der Waals surface area contributed by atoms with Crippen LogP contribution in [0.3, 0.4) is 0 Å². The van der Waals surface area contributed by atoms with Gasteiger partial charge in [0.05, 0.1) is 25.4 Å². The number of hydrogen-bond donors (Lipinski definition) is 3. The predicted octanol–water partition coefficient (Wildman–Crippen LogP) is 21.8. The van der Waals surface area contributed by atoms with Crippen LogP contribution in [0.25, 0.3) is 0 Å². The summed E-state index contributed by atoms with van der Waals surface area (Å²) in [6.45, 7) is 4.91. The predicted molar refractivity (Wildman–Crippen MR) is 329 cm³/mol. The molecule has 0 aromatic heterocycles. The van der Waals surface area contributed by atoms with Crippen molar-refractivity contribution in [2.24, 2.45) is 0 Å². The van der Waals surface area contributed by atoms with Crippen LogP contribution in [0.4, 0.5) is 0 Å². The molecule has 0 bridgehead atoms. The molecule has 1 amide bonds. The quantitative estimate of drug-likeness (QED) is 0.0320. The zero-order valence-corrected chi connectivity index (χ0v) is 50.8. The Balaban J connectivity index is 3.47. The number of unbranched alkanes of at least 4 members (excludes halogenated alkanes) is 51. The van der Waals surface area contributed by atoms with Gasteiger partial charge in [0, 0.05) is 12.8 Å². The van der Waals surface area contributed by atoms with E-state index in [0.717, 1.165) is 70.6 Å². The average Bonchev–Trinajstić information content (AvgIpc) is 3.41. The van der Waals surface area contributed by atoms with Crippen molar-refractivity contribution in [1.29, 1.82) is 0 Å². The van der Waals surface area contributed by atoms with Crippen molar-refractivity contribution < 1.29 is 24.5 Å². The minimum Gasteiger partial charge on any atom is -0.466 e. The van der Waals surface area contributed by atoms with Crippen molar-refractivity contribution in [2.45, 2.75) is 392 Å². The lowest BCUT2D eigenvalue weighted by Crippen LogP contribution is -2.45. The number of rotatable bonds is 64. The van der Waals surface area contributed by atoms with Gasteiger partial charge in [-0.15, -0.1) is 0 Å². The lowest BCUT2D eigenvalue weighted by atomic mass is 10.0. The van der Waals surface area contributed by atoms with Gasteiger partial charge in [0.2, 0.25) is 5.91 Å². The number of aliphatic hydroxyl groups is 2. The monoisotopic (exact) mass is 1060 g/mol. The number of carbonyl (C=O) groups is 2. The maximum atomic E-state index is 12.5. The second-order valence-electron chi connectivity index (χ2n) is 23.5. The molecule has 0 aromatic rings. The summed E-state index contributed by atoms with van der Waals surface area (Å²) in [4.78, 5) is 24.6. The van der Waals surface area contributed by atoms with Gasteiger partial charge in [0.25, 0.3) is 0 Å². The van der Waals surface area contributed by atoms with Gasteiger partial charge in [-0.2, -0.15) is 0 Å². The van der Waals surface area contributed by atoms with Gasteiger partial charge >= 0.3 is 5.97 Å². The third-order valence-electron chi connectivity index (χ3n) is 16.0. The van der Waals surface area contributed by atoms with Gasteiger partial charge in [-0.05, 0) is 57.8 Å². The number of hydrogen-bond acceptors (Lipinski definition) is 5. The molecule has 3 N–H and O–H groups in total. The van der Waals surface area contributed by atoms with E-state index in [4.69, 9.17) is 4.74 Å². The Morgan fingerprint density at radius 1 is 0.360 bits per heavy atom. The number of esters is 1. The number of nitrogens with one attached hydrogen (secondary N) is 1. The van der Waals surface area contributed by atoms with E-state index in [0.29, 0.717) is 19.4 Å². The molecule has 2 unspecified atom stereocenters.